The number of rotatable bonds is 7. The molecule has 4 rings (SSSR count). The Kier molecular flexibility index (Phi) is 6.70. The Morgan fingerprint density at radius 2 is 1.85 bits per heavy atom. The molecular weight excluding hydrogens is 465 g/mol. The second-order valence-electron chi connectivity index (χ2n) is 7.70. The number of benzene rings is 1. The van der Waals surface area contributed by atoms with Crippen molar-refractivity contribution in [3.05, 3.63) is 63.0 Å². The van der Waals surface area contributed by atoms with Crippen LogP contribution in [0.2, 0.25) is 0 Å². The van der Waals surface area contributed by atoms with Crippen molar-refractivity contribution in [1.29, 1.82) is 0 Å². The van der Waals surface area contributed by atoms with Gasteiger partial charge in [-0.05, 0) is 60.1 Å². The van der Waals surface area contributed by atoms with Gasteiger partial charge in [-0.2, -0.15) is 4.37 Å². The Morgan fingerprint density at radius 3 is 2.42 bits per heavy atom. The topological polar surface area (TPSA) is 131 Å². The van der Waals surface area contributed by atoms with Gasteiger partial charge in [-0.25, -0.2) is 4.39 Å². The first-order chi connectivity index (χ1) is 15.9. The standard InChI is InChI=1S/C22H22FN5O3S2/c23-12-7-9-14(10-8-12)28(22(31)19-16(24)17(20(25)29)27-33-19)18(15-6-3-11-32-15)21(30)26-13-4-1-2-5-13/h3,6-11,13,18H,1-2,4-5,24H2,(H2,25,29)(H,26,30). The molecule has 1 aromatic carbocycles. The van der Waals surface area contributed by atoms with Crippen LogP contribution in [0.3, 0.4) is 0 Å². The van der Waals surface area contributed by atoms with Gasteiger partial charge in [-0.3, -0.25) is 19.3 Å². The highest BCUT2D eigenvalue weighted by atomic mass is 32.1. The number of nitrogens with two attached hydrogens (primary N) is 2. The number of thiophene rings is 1. The Bertz CT molecular complexity index is 1160. The number of nitrogen functional groups attached to an aromatic ring is 1. The minimum absolute atomic E-state index is 0.0247. The van der Waals surface area contributed by atoms with E-state index in [1.165, 1.54) is 40.5 Å². The predicted molar refractivity (Wildman–Crippen MR) is 126 cm³/mol. The third-order valence-corrected chi connectivity index (χ3v) is 7.28. The summed E-state index contributed by atoms with van der Waals surface area (Å²) in [5, 5.41) is 4.87. The second-order valence-corrected chi connectivity index (χ2v) is 9.45. The number of amides is 3. The summed E-state index contributed by atoms with van der Waals surface area (Å²) in [6.07, 6.45) is 3.80. The minimum Gasteiger partial charge on any atom is -0.395 e. The molecule has 3 aromatic rings. The lowest BCUT2D eigenvalue weighted by atomic mass is 10.1. The summed E-state index contributed by atoms with van der Waals surface area (Å²) < 4.78 is 17.6. The molecule has 5 N–H and O–H groups in total. The molecule has 172 valence electrons. The van der Waals surface area contributed by atoms with Crippen LogP contribution in [0.25, 0.3) is 0 Å². The molecule has 33 heavy (non-hydrogen) atoms. The number of hydrogen-bond acceptors (Lipinski definition) is 7. The van der Waals surface area contributed by atoms with Crippen LogP contribution in [-0.4, -0.2) is 28.1 Å². The van der Waals surface area contributed by atoms with E-state index >= 15 is 0 Å². The molecule has 1 saturated carbocycles. The maximum absolute atomic E-state index is 13.8. The van der Waals surface area contributed by atoms with Gasteiger partial charge in [0.1, 0.15) is 10.7 Å². The molecule has 3 amide bonds. The molecule has 1 unspecified atom stereocenters. The molecule has 0 spiro atoms. The Balaban J connectivity index is 1.80. The van der Waals surface area contributed by atoms with E-state index < -0.39 is 23.7 Å². The van der Waals surface area contributed by atoms with Crippen LogP contribution in [0.1, 0.15) is 56.8 Å². The monoisotopic (exact) mass is 487 g/mol. The van der Waals surface area contributed by atoms with Crippen LogP contribution in [0.4, 0.5) is 15.8 Å². The third kappa shape index (κ3) is 4.74. The maximum Gasteiger partial charge on any atom is 0.273 e. The van der Waals surface area contributed by atoms with E-state index in [-0.39, 0.29) is 28.2 Å². The first-order valence-electron chi connectivity index (χ1n) is 10.3. The first-order valence-corrected chi connectivity index (χ1v) is 12.0. The van der Waals surface area contributed by atoms with Gasteiger partial charge in [-0.1, -0.05) is 18.9 Å². The van der Waals surface area contributed by atoms with Gasteiger partial charge in [0, 0.05) is 16.6 Å². The summed E-state index contributed by atoms with van der Waals surface area (Å²) in [5.41, 5.74) is 11.3. The van der Waals surface area contributed by atoms with E-state index in [0.29, 0.717) is 10.6 Å². The summed E-state index contributed by atoms with van der Waals surface area (Å²) in [6.45, 7) is 0. The molecule has 8 nitrogen and oxygen atoms in total. The fraction of sp³-hybridized carbons (Fsp3) is 0.273. The highest BCUT2D eigenvalue weighted by molar-refractivity contribution is 7.10. The van der Waals surface area contributed by atoms with Crippen molar-refractivity contribution in [2.75, 3.05) is 10.6 Å². The number of anilines is 2. The zero-order valence-electron chi connectivity index (χ0n) is 17.5. The number of primary amides is 1. The van der Waals surface area contributed by atoms with E-state index in [9.17, 15) is 18.8 Å². The number of carbonyl (C=O) groups is 3. The Morgan fingerprint density at radius 1 is 1.15 bits per heavy atom. The van der Waals surface area contributed by atoms with Crippen molar-refractivity contribution in [3.8, 4) is 0 Å². The van der Waals surface area contributed by atoms with E-state index in [0.717, 1.165) is 37.2 Å². The number of hydrogen-bond donors (Lipinski definition) is 3. The van der Waals surface area contributed by atoms with Crippen molar-refractivity contribution < 1.29 is 18.8 Å². The molecule has 1 fully saturated rings. The summed E-state index contributed by atoms with van der Waals surface area (Å²) >= 11 is 2.05. The van der Waals surface area contributed by atoms with Crippen molar-refractivity contribution in [2.24, 2.45) is 5.73 Å². The van der Waals surface area contributed by atoms with E-state index in [2.05, 4.69) is 9.69 Å². The molecule has 2 heterocycles. The minimum atomic E-state index is -1.03. The van der Waals surface area contributed by atoms with Crippen molar-refractivity contribution in [2.45, 2.75) is 37.8 Å². The van der Waals surface area contributed by atoms with Gasteiger partial charge < -0.3 is 16.8 Å². The quantitative estimate of drug-likeness (QED) is 0.470. The van der Waals surface area contributed by atoms with Crippen LogP contribution in [0.15, 0.2) is 41.8 Å². The van der Waals surface area contributed by atoms with Gasteiger partial charge in [0.05, 0.1) is 5.69 Å². The van der Waals surface area contributed by atoms with Crippen molar-refractivity contribution in [1.82, 2.24) is 9.69 Å². The van der Waals surface area contributed by atoms with Gasteiger partial charge in [-0.15, -0.1) is 11.3 Å². The van der Waals surface area contributed by atoms with E-state index in [1.54, 1.807) is 12.1 Å². The highest BCUT2D eigenvalue weighted by Gasteiger charge is 2.37. The van der Waals surface area contributed by atoms with E-state index in [1.807, 2.05) is 5.38 Å². The molecule has 0 aliphatic heterocycles. The smallest absolute Gasteiger partial charge is 0.273 e. The summed E-state index contributed by atoms with van der Waals surface area (Å²) in [6, 6.07) is 7.81. The average Bonchev–Trinajstić information content (AvgIpc) is 3.54. The largest absolute Gasteiger partial charge is 0.395 e. The lowest BCUT2D eigenvalue weighted by Crippen LogP contribution is -2.46. The SMILES string of the molecule is NC(=O)c1nsc(C(=O)N(c2ccc(F)cc2)C(C(=O)NC2CCCC2)c2cccs2)c1N. The second kappa shape index (κ2) is 9.67. The number of nitrogens with one attached hydrogen (secondary N) is 1. The van der Waals surface area contributed by atoms with E-state index in [4.69, 9.17) is 11.5 Å². The molecule has 1 aliphatic rings. The third-order valence-electron chi connectivity index (χ3n) is 5.50. The molecule has 1 aliphatic carbocycles. The summed E-state index contributed by atoms with van der Waals surface area (Å²) in [4.78, 5) is 40.8. The lowest BCUT2D eigenvalue weighted by Gasteiger charge is -2.31. The Hall–Kier alpha value is -3.31. The first kappa shape index (κ1) is 22.9. The van der Waals surface area contributed by atoms with Crippen LogP contribution < -0.4 is 21.7 Å². The van der Waals surface area contributed by atoms with Gasteiger partial charge in [0.25, 0.3) is 11.8 Å². The fourth-order valence-corrected chi connectivity index (χ4v) is 5.45. The average molecular weight is 488 g/mol. The van der Waals surface area contributed by atoms with Crippen LogP contribution in [0, 0.1) is 5.82 Å². The van der Waals surface area contributed by atoms with Crippen LogP contribution in [0.5, 0.6) is 0 Å². The molecule has 0 saturated heterocycles. The van der Waals surface area contributed by atoms with Crippen molar-refractivity contribution in [3.63, 3.8) is 0 Å². The summed E-state index contributed by atoms with van der Waals surface area (Å²) in [5.74, 6) is -2.32. The molecule has 11 heteroatoms. The zero-order valence-corrected chi connectivity index (χ0v) is 19.1. The van der Waals surface area contributed by atoms with Gasteiger partial charge in [0.15, 0.2) is 11.7 Å². The molecule has 1 atom stereocenters. The van der Waals surface area contributed by atoms with Gasteiger partial charge >= 0.3 is 0 Å². The molecular formula is C22H22FN5O3S2. The zero-order chi connectivity index (χ0) is 23.5. The highest BCUT2D eigenvalue weighted by Crippen LogP contribution is 2.35. The number of aromatic nitrogens is 1. The molecule has 0 radical (unpaired) electrons. The number of carbonyl (C=O) groups excluding carboxylic acids is 3. The van der Waals surface area contributed by atoms with Gasteiger partial charge in [0.2, 0.25) is 5.91 Å². The van der Waals surface area contributed by atoms with Crippen molar-refractivity contribution >= 4 is 52.0 Å². The molecule has 0 bridgehead atoms. The fourth-order valence-electron chi connectivity index (χ4n) is 3.89. The van der Waals surface area contributed by atoms with Crippen LogP contribution in [-0.2, 0) is 4.79 Å². The summed E-state index contributed by atoms with van der Waals surface area (Å²) in [7, 11) is 0. The number of nitrogens with zero attached hydrogens (tertiary/aromatic N) is 2. The Labute approximate surface area is 197 Å². The maximum atomic E-state index is 13.8. The predicted octanol–water partition coefficient (Wildman–Crippen LogP) is 3.47. The lowest BCUT2D eigenvalue weighted by molar-refractivity contribution is -0.123. The number of halogens is 1. The normalized spacial score (nSPS) is 14.7. The molecule has 2 aromatic heterocycles. The van der Waals surface area contributed by atoms with Crippen LogP contribution >= 0.6 is 22.9 Å².